The summed E-state index contributed by atoms with van der Waals surface area (Å²) in [4.78, 5) is 11.8. The smallest absolute Gasteiger partial charge is 0.270 e. The van der Waals surface area contributed by atoms with Crippen molar-refractivity contribution >= 4 is 5.69 Å². The SMILES string of the molecule is COc1c2cccc1Cc1cccc(c1OC)Cc1cccc(c1OC)Cc1cccc(c1OC)Cc1cccc(c1OC)Cc1cc([N+](=O)[O-])cc(c1O)C2. The lowest BCUT2D eigenvalue weighted by molar-refractivity contribution is -0.385. The highest BCUT2D eigenvalue weighted by atomic mass is 16.6. The normalized spacial score (nSPS) is 12.5. The molecule has 0 aromatic heterocycles. The fourth-order valence-corrected chi connectivity index (χ4v) is 8.24. The lowest BCUT2D eigenvalue weighted by Crippen LogP contribution is -2.06. The molecule has 1 aliphatic carbocycles. The van der Waals surface area contributed by atoms with Crippen molar-refractivity contribution in [2.45, 2.75) is 38.5 Å². The van der Waals surface area contributed by atoms with Gasteiger partial charge in [0.1, 0.15) is 34.5 Å². The number of para-hydroxylation sites is 5. The van der Waals surface area contributed by atoms with E-state index in [-0.39, 0.29) is 24.3 Å². The van der Waals surface area contributed by atoms with Gasteiger partial charge in [0.15, 0.2) is 0 Å². The van der Waals surface area contributed by atoms with Crippen molar-refractivity contribution in [3.05, 3.63) is 180 Å². The number of nitrogens with zero attached hydrogens (tertiary/aromatic N) is 1. The molecular weight excluding hydrogens is 707 g/mol. The molecule has 1 aliphatic rings. The molecule has 6 aromatic carbocycles. The van der Waals surface area contributed by atoms with Gasteiger partial charge in [0.05, 0.1) is 40.5 Å². The number of hydrogen-bond acceptors (Lipinski definition) is 8. The summed E-state index contributed by atoms with van der Waals surface area (Å²) < 4.78 is 30.4. The molecule has 0 saturated carbocycles. The van der Waals surface area contributed by atoms with Crippen LogP contribution in [0.5, 0.6) is 34.5 Å². The second kappa shape index (κ2) is 16.5. The molecular formula is C47H45NO8. The first-order chi connectivity index (χ1) is 27.3. The van der Waals surface area contributed by atoms with Crippen molar-refractivity contribution in [2.24, 2.45) is 0 Å². The maximum Gasteiger partial charge on any atom is 0.270 e. The van der Waals surface area contributed by atoms with Crippen LogP contribution in [0.2, 0.25) is 0 Å². The summed E-state index contributed by atoms with van der Waals surface area (Å²) in [5.41, 5.74) is 10.2. The van der Waals surface area contributed by atoms with Crippen molar-refractivity contribution < 1.29 is 33.7 Å². The maximum atomic E-state index is 12.3. The zero-order chi connectivity index (χ0) is 39.3. The molecule has 0 aliphatic heterocycles. The van der Waals surface area contributed by atoms with Crippen molar-refractivity contribution in [3.8, 4) is 34.5 Å². The molecule has 286 valence electrons. The Kier molecular flexibility index (Phi) is 11.1. The molecule has 56 heavy (non-hydrogen) atoms. The van der Waals surface area contributed by atoms with Crippen molar-refractivity contribution in [1.29, 1.82) is 0 Å². The number of aromatic hydroxyl groups is 1. The molecule has 9 nitrogen and oxygen atoms in total. The number of rotatable bonds is 6. The lowest BCUT2D eigenvalue weighted by Gasteiger charge is -2.20. The van der Waals surface area contributed by atoms with Crippen LogP contribution in [0.25, 0.3) is 0 Å². The van der Waals surface area contributed by atoms with Gasteiger partial charge in [-0.05, 0) is 55.6 Å². The molecule has 0 spiro atoms. The van der Waals surface area contributed by atoms with Crippen molar-refractivity contribution in [3.63, 3.8) is 0 Å². The third-order valence-corrected chi connectivity index (χ3v) is 10.7. The average molecular weight is 752 g/mol. The van der Waals surface area contributed by atoms with E-state index in [2.05, 4.69) is 30.3 Å². The van der Waals surface area contributed by atoms with Crippen LogP contribution in [-0.4, -0.2) is 45.6 Å². The predicted molar refractivity (Wildman–Crippen MR) is 217 cm³/mol. The fourth-order valence-electron chi connectivity index (χ4n) is 8.24. The number of ether oxygens (including phenoxy) is 5. The predicted octanol–water partition coefficient (Wildman–Crippen LogP) is 9.20. The second-order valence-electron chi connectivity index (χ2n) is 14.0. The standard InChI is InChI=1S/C47H45NO8/c1-52-43-29-11-6-12-30(43)22-32-14-8-16-34(45(32)54-3)24-36-18-10-20-38(47(36)56-5)26-40-28-41(48(50)51)27-39(42(40)49)25-37-19-9-17-35(46(37)55-4)23-33-15-7-13-31(21-29)44(33)53-2/h6-20,27-28,49H,21-26H2,1-5H3. The first-order valence-corrected chi connectivity index (χ1v) is 18.5. The molecule has 0 heterocycles. The van der Waals surface area contributed by atoms with Gasteiger partial charge in [0, 0.05) is 61.8 Å². The number of phenolic OH excluding ortho intramolecular Hbond substituents is 1. The molecule has 7 rings (SSSR count). The van der Waals surface area contributed by atoms with Crippen LogP contribution in [0.1, 0.15) is 66.8 Å². The highest BCUT2D eigenvalue weighted by molar-refractivity contribution is 5.58. The van der Waals surface area contributed by atoms with Gasteiger partial charge in [-0.1, -0.05) is 91.0 Å². The summed E-state index contributed by atoms with van der Waals surface area (Å²) in [5, 5.41) is 24.0. The van der Waals surface area contributed by atoms with Crippen LogP contribution >= 0.6 is 0 Å². The zero-order valence-electron chi connectivity index (χ0n) is 32.3. The van der Waals surface area contributed by atoms with Gasteiger partial charge in [-0.15, -0.1) is 0 Å². The van der Waals surface area contributed by atoms with Crippen LogP contribution in [-0.2, 0) is 38.5 Å². The minimum atomic E-state index is -0.424. The monoisotopic (exact) mass is 751 g/mol. The van der Waals surface area contributed by atoms with Gasteiger partial charge >= 0.3 is 0 Å². The Morgan fingerprint density at radius 3 is 0.786 bits per heavy atom. The minimum Gasteiger partial charge on any atom is -0.507 e. The molecule has 1 N–H and O–H groups in total. The highest BCUT2D eigenvalue weighted by Crippen LogP contribution is 2.40. The van der Waals surface area contributed by atoms with E-state index < -0.39 is 4.92 Å². The van der Waals surface area contributed by atoms with Gasteiger partial charge in [0.2, 0.25) is 0 Å². The Labute approximate surface area is 327 Å². The molecule has 0 unspecified atom stereocenters. The van der Waals surface area contributed by atoms with Crippen molar-refractivity contribution in [1.82, 2.24) is 0 Å². The first-order valence-electron chi connectivity index (χ1n) is 18.5. The highest BCUT2D eigenvalue weighted by Gasteiger charge is 2.23. The van der Waals surface area contributed by atoms with Crippen LogP contribution in [0.3, 0.4) is 0 Å². The van der Waals surface area contributed by atoms with E-state index in [1.807, 2.05) is 60.7 Å². The average Bonchev–Trinajstić information content (AvgIpc) is 3.19. The quantitative estimate of drug-likeness (QED) is 0.132. The number of benzene rings is 6. The second-order valence-corrected chi connectivity index (χ2v) is 14.0. The topological polar surface area (TPSA) is 110 Å². The van der Waals surface area contributed by atoms with E-state index in [1.54, 1.807) is 35.5 Å². The summed E-state index contributed by atoms with van der Waals surface area (Å²) in [7, 11) is 8.32. The number of methoxy groups -OCH3 is 5. The summed E-state index contributed by atoms with van der Waals surface area (Å²) in [6.45, 7) is 0. The lowest BCUT2D eigenvalue weighted by atomic mass is 9.91. The van der Waals surface area contributed by atoms with Crippen LogP contribution in [0.15, 0.2) is 103 Å². The Morgan fingerprint density at radius 1 is 0.411 bits per heavy atom. The van der Waals surface area contributed by atoms with E-state index in [0.29, 0.717) is 48.3 Å². The summed E-state index contributed by atoms with van der Waals surface area (Å²) in [5.74, 6) is 3.64. The van der Waals surface area contributed by atoms with Gasteiger partial charge in [0.25, 0.3) is 5.69 Å². The summed E-state index contributed by atoms with van der Waals surface area (Å²) in [6.07, 6.45) is 2.57. The number of non-ortho nitro benzene ring substituents is 1. The Balaban J connectivity index is 1.43. The van der Waals surface area contributed by atoms with E-state index >= 15 is 0 Å². The van der Waals surface area contributed by atoms with Gasteiger partial charge in [-0.25, -0.2) is 0 Å². The van der Waals surface area contributed by atoms with Crippen LogP contribution in [0, 0.1) is 10.1 Å². The van der Waals surface area contributed by atoms with E-state index in [1.165, 1.54) is 12.1 Å². The van der Waals surface area contributed by atoms with E-state index in [4.69, 9.17) is 23.7 Å². The van der Waals surface area contributed by atoms with Gasteiger partial charge < -0.3 is 28.8 Å². The Hall–Kier alpha value is -6.48. The van der Waals surface area contributed by atoms with Crippen LogP contribution in [0.4, 0.5) is 5.69 Å². The minimum absolute atomic E-state index is 0.00709. The Bertz CT molecular complexity index is 2270. The first kappa shape index (κ1) is 37.8. The van der Waals surface area contributed by atoms with Crippen molar-refractivity contribution in [2.75, 3.05) is 35.5 Å². The van der Waals surface area contributed by atoms with E-state index in [0.717, 1.165) is 72.9 Å². The Morgan fingerprint density at radius 2 is 0.607 bits per heavy atom. The molecule has 0 saturated heterocycles. The van der Waals surface area contributed by atoms with Gasteiger partial charge in [-0.2, -0.15) is 0 Å². The molecule has 0 atom stereocenters. The molecule has 0 fully saturated rings. The number of phenols is 1. The molecule has 0 radical (unpaired) electrons. The molecule has 6 aromatic rings. The summed E-state index contributed by atoms with van der Waals surface area (Å²) >= 11 is 0. The van der Waals surface area contributed by atoms with Gasteiger partial charge in [-0.3, -0.25) is 10.1 Å². The zero-order valence-corrected chi connectivity index (χ0v) is 32.3. The molecule has 12 bridgehead atoms. The number of hydrogen-bond donors (Lipinski definition) is 1. The molecule has 0 amide bonds. The maximum absolute atomic E-state index is 12.3. The summed E-state index contributed by atoms with van der Waals surface area (Å²) in [6, 6.07) is 33.2. The number of fused-ring (bicyclic) bond motifs is 12. The van der Waals surface area contributed by atoms with Crippen LogP contribution < -0.4 is 23.7 Å². The molecule has 9 heteroatoms. The van der Waals surface area contributed by atoms with E-state index in [9.17, 15) is 15.2 Å². The third-order valence-electron chi connectivity index (χ3n) is 10.7. The largest absolute Gasteiger partial charge is 0.507 e. The number of nitro groups is 1. The fraction of sp³-hybridized carbons (Fsp3) is 0.234. The number of nitro benzene ring substituents is 1. The third kappa shape index (κ3) is 7.45.